The normalized spacial score (nSPS) is 11.1. The number of rotatable bonds is 9. The van der Waals surface area contributed by atoms with Crippen molar-refractivity contribution in [1.29, 1.82) is 0 Å². The number of nitrogens with zero attached hydrogens (tertiary/aromatic N) is 4. The third-order valence-corrected chi connectivity index (χ3v) is 4.00. The zero-order chi connectivity index (χ0) is 19.5. The van der Waals surface area contributed by atoms with E-state index in [4.69, 9.17) is 0 Å². The molecule has 1 amide bonds. The highest BCUT2D eigenvalue weighted by molar-refractivity contribution is 5.90. The lowest BCUT2D eigenvalue weighted by molar-refractivity contribution is -0.116. The van der Waals surface area contributed by atoms with Crippen LogP contribution in [0.3, 0.4) is 0 Å². The Hall–Kier alpha value is -3.09. The molecule has 1 aromatic carbocycles. The maximum atomic E-state index is 12.1. The highest BCUT2D eigenvalue weighted by atomic mass is 16.2. The zero-order valence-electron chi connectivity index (χ0n) is 16.1. The molecular formula is C20H28N6O. The molecular weight excluding hydrogens is 340 g/mol. The van der Waals surface area contributed by atoms with Gasteiger partial charge in [-0.15, -0.1) is 6.58 Å². The minimum absolute atomic E-state index is 0.110. The second kappa shape index (κ2) is 10.8. The van der Waals surface area contributed by atoms with Gasteiger partial charge in [0.15, 0.2) is 5.96 Å². The second-order valence-electron chi connectivity index (χ2n) is 6.21. The first kappa shape index (κ1) is 20.2. The zero-order valence-corrected chi connectivity index (χ0v) is 16.1. The first-order valence-corrected chi connectivity index (χ1v) is 9.01. The van der Waals surface area contributed by atoms with Crippen LogP contribution in [-0.4, -0.2) is 47.2 Å². The predicted octanol–water partition coefficient (Wildman–Crippen LogP) is 2.50. The number of anilines is 1. The first-order chi connectivity index (χ1) is 13.1. The largest absolute Gasteiger partial charge is 0.352 e. The molecule has 0 atom stereocenters. The van der Waals surface area contributed by atoms with E-state index in [1.54, 1.807) is 30.2 Å². The Morgan fingerprint density at radius 2 is 2.26 bits per heavy atom. The smallest absolute Gasteiger partial charge is 0.246 e. The van der Waals surface area contributed by atoms with Gasteiger partial charge in [0.25, 0.3) is 0 Å². The molecule has 0 bridgehead atoms. The molecule has 7 nitrogen and oxygen atoms in total. The highest BCUT2D eigenvalue weighted by Gasteiger charge is 2.07. The Morgan fingerprint density at radius 3 is 2.96 bits per heavy atom. The van der Waals surface area contributed by atoms with Gasteiger partial charge in [-0.25, -0.2) is 0 Å². The molecule has 0 aliphatic heterocycles. The highest BCUT2D eigenvalue weighted by Crippen LogP contribution is 2.11. The van der Waals surface area contributed by atoms with E-state index < -0.39 is 0 Å². The molecule has 0 radical (unpaired) electrons. The van der Waals surface area contributed by atoms with Crippen molar-refractivity contribution in [1.82, 2.24) is 20.0 Å². The molecule has 0 aliphatic carbocycles. The number of amides is 1. The number of carbonyl (C=O) groups is 1. The molecule has 0 aliphatic rings. The quantitative estimate of drug-likeness (QED) is 0.309. The molecule has 144 valence electrons. The minimum atomic E-state index is -0.110. The number of unbranched alkanes of at least 4 members (excludes halogenated alkanes) is 1. The van der Waals surface area contributed by atoms with Crippen molar-refractivity contribution in [3.63, 3.8) is 0 Å². The van der Waals surface area contributed by atoms with Gasteiger partial charge >= 0.3 is 0 Å². The molecule has 7 heteroatoms. The number of carbonyl (C=O) groups excluding carboxylic acids is 1. The van der Waals surface area contributed by atoms with Gasteiger partial charge in [0.05, 0.1) is 0 Å². The summed E-state index contributed by atoms with van der Waals surface area (Å²) in [7, 11) is 3.79. The van der Waals surface area contributed by atoms with Crippen molar-refractivity contribution in [2.24, 2.45) is 4.99 Å². The second-order valence-corrected chi connectivity index (χ2v) is 6.21. The van der Waals surface area contributed by atoms with E-state index in [1.165, 1.54) is 0 Å². The molecule has 1 aromatic heterocycles. The molecule has 2 aromatic rings. The van der Waals surface area contributed by atoms with Gasteiger partial charge in [-0.05, 0) is 36.6 Å². The summed E-state index contributed by atoms with van der Waals surface area (Å²) in [5.41, 5.74) is 1.83. The summed E-state index contributed by atoms with van der Waals surface area (Å²) in [6, 6.07) is 9.57. The number of hydrogen-bond acceptors (Lipinski definition) is 3. The van der Waals surface area contributed by atoms with E-state index in [1.807, 2.05) is 37.4 Å². The molecule has 0 saturated heterocycles. The van der Waals surface area contributed by atoms with Crippen molar-refractivity contribution in [2.75, 3.05) is 26.0 Å². The van der Waals surface area contributed by atoms with E-state index in [9.17, 15) is 4.79 Å². The molecule has 0 unspecified atom stereocenters. The third-order valence-electron chi connectivity index (χ3n) is 4.00. The Bertz CT molecular complexity index is 754. The van der Waals surface area contributed by atoms with Crippen LogP contribution in [0.4, 0.5) is 5.69 Å². The van der Waals surface area contributed by atoms with Crippen LogP contribution in [0.5, 0.6) is 0 Å². The lowest BCUT2D eigenvalue weighted by Gasteiger charge is -2.22. The summed E-state index contributed by atoms with van der Waals surface area (Å²) in [4.78, 5) is 18.5. The number of guanidine groups is 1. The fourth-order valence-corrected chi connectivity index (χ4v) is 2.65. The molecule has 2 rings (SSSR count). The van der Waals surface area contributed by atoms with E-state index in [2.05, 4.69) is 32.2 Å². The van der Waals surface area contributed by atoms with Gasteiger partial charge in [-0.1, -0.05) is 18.2 Å². The van der Waals surface area contributed by atoms with Crippen molar-refractivity contribution >= 4 is 17.6 Å². The lowest BCUT2D eigenvalue weighted by atomic mass is 10.2. The average molecular weight is 368 g/mol. The van der Waals surface area contributed by atoms with Crippen LogP contribution in [0.2, 0.25) is 0 Å². The van der Waals surface area contributed by atoms with Crippen LogP contribution in [0.25, 0.3) is 0 Å². The van der Waals surface area contributed by atoms with Gasteiger partial charge < -0.3 is 15.5 Å². The van der Waals surface area contributed by atoms with Gasteiger partial charge in [-0.3, -0.25) is 14.5 Å². The molecule has 27 heavy (non-hydrogen) atoms. The number of nitrogens with one attached hydrogen (secondary N) is 2. The number of benzene rings is 1. The summed E-state index contributed by atoms with van der Waals surface area (Å²) in [6.07, 6.45) is 7.37. The molecule has 0 spiro atoms. The van der Waals surface area contributed by atoms with Crippen LogP contribution in [0, 0.1) is 0 Å². The predicted molar refractivity (Wildman–Crippen MR) is 110 cm³/mol. The van der Waals surface area contributed by atoms with Gasteiger partial charge in [0.2, 0.25) is 5.91 Å². The Kier molecular flexibility index (Phi) is 8.09. The number of hydrogen-bond donors (Lipinski definition) is 2. The van der Waals surface area contributed by atoms with Crippen molar-refractivity contribution in [2.45, 2.75) is 25.9 Å². The Balaban J connectivity index is 1.86. The number of allylic oxidation sites excluding steroid dienone is 1. The fourth-order valence-electron chi connectivity index (χ4n) is 2.65. The van der Waals surface area contributed by atoms with Crippen molar-refractivity contribution < 1.29 is 4.79 Å². The Labute approximate surface area is 160 Å². The van der Waals surface area contributed by atoms with Gasteiger partial charge in [0.1, 0.15) is 6.54 Å². The number of aromatic nitrogens is 2. The standard InChI is InChI=1S/C20H28N6O/c1-4-5-6-12-25(3)20(21-2)22-15-17-9-7-10-18(14-17)24-19(27)16-26-13-8-11-23-26/h4,7-11,13-14H,1,5-6,12,15-16H2,2-3H3,(H,21,22)(H,24,27). The maximum Gasteiger partial charge on any atom is 0.246 e. The average Bonchev–Trinajstić information content (AvgIpc) is 3.15. The SMILES string of the molecule is C=CCCCN(C)C(=NC)NCc1cccc(NC(=O)Cn2cccn2)c1. The summed E-state index contributed by atoms with van der Waals surface area (Å²) in [5.74, 6) is 0.730. The van der Waals surface area contributed by atoms with Crippen LogP contribution < -0.4 is 10.6 Å². The summed E-state index contributed by atoms with van der Waals surface area (Å²) in [6.45, 7) is 5.48. The summed E-state index contributed by atoms with van der Waals surface area (Å²) >= 11 is 0. The van der Waals surface area contributed by atoms with Crippen molar-refractivity contribution in [3.8, 4) is 0 Å². The minimum Gasteiger partial charge on any atom is -0.352 e. The monoisotopic (exact) mass is 368 g/mol. The Morgan fingerprint density at radius 1 is 1.41 bits per heavy atom. The van der Waals surface area contributed by atoms with Crippen molar-refractivity contribution in [3.05, 3.63) is 60.9 Å². The topological polar surface area (TPSA) is 74.5 Å². The fraction of sp³-hybridized carbons (Fsp3) is 0.350. The summed E-state index contributed by atoms with van der Waals surface area (Å²) < 4.78 is 1.59. The molecule has 1 heterocycles. The van der Waals surface area contributed by atoms with E-state index >= 15 is 0 Å². The maximum absolute atomic E-state index is 12.1. The lowest BCUT2D eigenvalue weighted by Crippen LogP contribution is -2.38. The van der Waals surface area contributed by atoms with E-state index in [-0.39, 0.29) is 12.5 Å². The third kappa shape index (κ3) is 6.97. The van der Waals surface area contributed by atoms with E-state index in [0.29, 0.717) is 6.54 Å². The summed E-state index contributed by atoms with van der Waals surface area (Å²) in [5, 5.41) is 10.3. The van der Waals surface area contributed by atoms with Crippen LogP contribution >= 0.6 is 0 Å². The van der Waals surface area contributed by atoms with E-state index in [0.717, 1.165) is 36.6 Å². The van der Waals surface area contributed by atoms with Gasteiger partial charge in [-0.2, -0.15) is 5.10 Å². The first-order valence-electron chi connectivity index (χ1n) is 9.01. The van der Waals surface area contributed by atoms with Gasteiger partial charge in [0, 0.05) is 45.3 Å². The molecule has 0 fully saturated rings. The van der Waals surface area contributed by atoms with Crippen LogP contribution in [0.1, 0.15) is 18.4 Å². The molecule has 0 saturated carbocycles. The molecule has 2 N–H and O–H groups in total. The number of aliphatic imine (C=N–C) groups is 1. The van der Waals surface area contributed by atoms with Crippen LogP contribution in [0.15, 0.2) is 60.4 Å². The van der Waals surface area contributed by atoms with Crippen LogP contribution in [-0.2, 0) is 17.9 Å².